The van der Waals surface area contributed by atoms with Crippen LogP contribution in [0.2, 0.25) is 0 Å². The first-order valence-electron chi connectivity index (χ1n) is 7.87. The minimum atomic E-state index is -0.872. The number of aromatic nitrogens is 1. The molecular weight excluding hydrogens is 310 g/mol. The van der Waals surface area contributed by atoms with Gasteiger partial charge in [-0.25, -0.2) is 8.78 Å². The SMILES string of the molecule is C[C@@H]([NH2+][C@H](C)c1ccc(F)c(F)c1)C(=O)c1c[nH]c2ccccc12. The van der Waals surface area contributed by atoms with Crippen LogP contribution in [0.5, 0.6) is 0 Å². The Morgan fingerprint density at radius 3 is 2.58 bits per heavy atom. The second-order valence-electron chi connectivity index (χ2n) is 6.06. The molecule has 0 aliphatic heterocycles. The number of ketones is 1. The van der Waals surface area contributed by atoms with Gasteiger partial charge in [-0.3, -0.25) is 4.79 Å². The largest absolute Gasteiger partial charge is 0.360 e. The molecule has 0 bridgehead atoms. The quantitative estimate of drug-likeness (QED) is 0.693. The molecule has 3 rings (SSSR count). The lowest BCUT2D eigenvalue weighted by Gasteiger charge is -2.16. The number of hydrogen-bond acceptors (Lipinski definition) is 1. The van der Waals surface area contributed by atoms with E-state index in [-0.39, 0.29) is 17.9 Å². The van der Waals surface area contributed by atoms with E-state index in [2.05, 4.69) is 4.98 Å². The van der Waals surface area contributed by atoms with E-state index in [1.165, 1.54) is 6.07 Å². The summed E-state index contributed by atoms with van der Waals surface area (Å²) in [5, 5.41) is 2.75. The first-order chi connectivity index (χ1) is 11.5. The summed E-state index contributed by atoms with van der Waals surface area (Å²) < 4.78 is 26.4. The monoisotopic (exact) mass is 329 g/mol. The van der Waals surface area contributed by atoms with Gasteiger partial charge in [-0.1, -0.05) is 18.2 Å². The van der Waals surface area contributed by atoms with Crippen LogP contribution in [-0.4, -0.2) is 16.8 Å². The molecule has 0 saturated heterocycles. The molecule has 0 radical (unpaired) electrons. The number of H-pyrrole nitrogens is 1. The lowest BCUT2D eigenvalue weighted by molar-refractivity contribution is -0.709. The van der Waals surface area contributed by atoms with E-state index in [0.29, 0.717) is 11.1 Å². The standard InChI is InChI=1S/C19H18F2N2O/c1-11(13-7-8-16(20)17(21)9-13)23-12(2)19(24)15-10-22-18-6-4-3-5-14(15)18/h3-12,22-23H,1-2H3/p+1/t11-,12-/m1/s1. The van der Waals surface area contributed by atoms with Gasteiger partial charge in [0, 0.05) is 28.2 Å². The first-order valence-corrected chi connectivity index (χ1v) is 7.87. The first kappa shape index (κ1) is 16.3. The Morgan fingerprint density at radius 2 is 1.83 bits per heavy atom. The lowest BCUT2D eigenvalue weighted by Crippen LogP contribution is -2.91. The molecule has 3 nitrogen and oxygen atoms in total. The van der Waals surface area contributed by atoms with Crippen LogP contribution in [0.3, 0.4) is 0 Å². The Balaban J connectivity index is 1.77. The molecule has 0 saturated carbocycles. The van der Waals surface area contributed by atoms with Gasteiger partial charge < -0.3 is 10.3 Å². The average Bonchev–Trinajstić information content (AvgIpc) is 3.00. The zero-order valence-corrected chi connectivity index (χ0v) is 13.5. The maximum Gasteiger partial charge on any atom is 0.221 e. The van der Waals surface area contributed by atoms with Gasteiger partial charge in [-0.05, 0) is 38.1 Å². The fraction of sp³-hybridized carbons (Fsp3) is 0.211. The van der Waals surface area contributed by atoms with Crippen molar-refractivity contribution in [2.75, 3.05) is 0 Å². The number of Topliss-reactive ketones (excluding diaryl/α,β-unsaturated/α-hetero) is 1. The molecule has 2 atom stereocenters. The highest BCUT2D eigenvalue weighted by molar-refractivity contribution is 6.09. The van der Waals surface area contributed by atoms with E-state index < -0.39 is 11.6 Å². The number of halogens is 2. The zero-order valence-electron chi connectivity index (χ0n) is 13.5. The molecule has 0 unspecified atom stereocenters. The van der Waals surface area contributed by atoms with Crippen LogP contribution in [0.1, 0.15) is 35.8 Å². The normalized spacial score (nSPS) is 13.8. The van der Waals surface area contributed by atoms with E-state index in [1.807, 2.05) is 43.4 Å². The van der Waals surface area contributed by atoms with Gasteiger partial charge in [0.25, 0.3) is 0 Å². The molecular formula is C19H19F2N2O+. The number of benzene rings is 2. The van der Waals surface area contributed by atoms with Crippen LogP contribution in [0.15, 0.2) is 48.7 Å². The number of carbonyl (C=O) groups excluding carboxylic acids is 1. The molecule has 0 aliphatic carbocycles. The summed E-state index contributed by atoms with van der Waals surface area (Å²) >= 11 is 0. The highest BCUT2D eigenvalue weighted by atomic mass is 19.2. The van der Waals surface area contributed by atoms with E-state index in [0.717, 1.165) is 17.0 Å². The topological polar surface area (TPSA) is 49.5 Å². The number of nitrogens with one attached hydrogen (secondary N) is 1. The number of hydrogen-bond donors (Lipinski definition) is 2. The van der Waals surface area contributed by atoms with E-state index >= 15 is 0 Å². The summed E-state index contributed by atoms with van der Waals surface area (Å²) in [4.78, 5) is 15.8. The summed E-state index contributed by atoms with van der Waals surface area (Å²) in [7, 11) is 0. The van der Waals surface area contributed by atoms with Gasteiger partial charge in [0.1, 0.15) is 12.1 Å². The van der Waals surface area contributed by atoms with E-state index in [9.17, 15) is 13.6 Å². The van der Waals surface area contributed by atoms with Crippen molar-refractivity contribution < 1.29 is 18.9 Å². The predicted molar refractivity (Wildman–Crippen MR) is 88.8 cm³/mol. The van der Waals surface area contributed by atoms with Crippen molar-refractivity contribution >= 4 is 16.7 Å². The maximum absolute atomic E-state index is 13.4. The fourth-order valence-electron chi connectivity index (χ4n) is 2.95. The number of quaternary nitrogens is 1. The number of aromatic amines is 1. The Bertz CT molecular complexity index is 888. The van der Waals surface area contributed by atoms with E-state index in [4.69, 9.17) is 0 Å². The van der Waals surface area contributed by atoms with Gasteiger partial charge in [0.15, 0.2) is 11.6 Å². The predicted octanol–water partition coefficient (Wildman–Crippen LogP) is 3.34. The van der Waals surface area contributed by atoms with Gasteiger partial charge in [-0.15, -0.1) is 0 Å². The molecule has 124 valence electrons. The smallest absolute Gasteiger partial charge is 0.221 e. The maximum atomic E-state index is 13.4. The molecule has 2 aromatic carbocycles. The molecule has 0 spiro atoms. The lowest BCUT2D eigenvalue weighted by atomic mass is 10.0. The molecule has 5 heteroatoms. The third kappa shape index (κ3) is 3.08. The molecule has 1 aromatic heterocycles. The number of rotatable bonds is 5. The Morgan fingerprint density at radius 1 is 1.08 bits per heavy atom. The average molecular weight is 329 g/mol. The van der Waals surface area contributed by atoms with Crippen molar-refractivity contribution in [3.8, 4) is 0 Å². The third-order valence-electron chi connectivity index (χ3n) is 4.32. The molecule has 3 N–H and O–H groups in total. The van der Waals surface area contributed by atoms with Gasteiger partial charge in [0.05, 0.1) is 0 Å². The minimum Gasteiger partial charge on any atom is -0.360 e. The Kier molecular flexibility index (Phi) is 4.44. The van der Waals surface area contributed by atoms with Crippen molar-refractivity contribution in [3.05, 3.63) is 71.4 Å². The van der Waals surface area contributed by atoms with Crippen molar-refractivity contribution in [1.82, 2.24) is 4.98 Å². The van der Waals surface area contributed by atoms with Crippen LogP contribution >= 0.6 is 0 Å². The van der Waals surface area contributed by atoms with Gasteiger partial charge in [0.2, 0.25) is 5.78 Å². The number of carbonyl (C=O) groups is 1. The van der Waals surface area contributed by atoms with Gasteiger partial charge in [-0.2, -0.15) is 0 Å². The molecule has 0 amide bonds. The Labute approximate surface area is 138 Å². The van der Waals surface area contributed by atoms with Crippen molar-refractivity contribution in [2.24, 2.45) is 0 Å². The summed E-state index contributed by atoms with van der Waals surface area (Å²) in [6.07, 6.45) is 1.72. The van der Waals surface area contributed by atoms with Gasteiger partial charge >= 0.3 is 0 Å². The highest BCUT2D eigenvalue weighted by Gasteiger charge is 2.24. The van der Waals surface area contributed by atoms with E-state index in [1.54, 1.807) is 12.3 Å². The summed E-state index contributed by atoms with van der Waals surface area (Å²) in [6.45, 7) is 3.69. The fourth-order valence-corrected chi connectivity index (χ4v) is 2.95. The minimum absolute atomic E-state index is 0.00174. The van der Waals surface area contributed by atoms with Crippen molar-refractivity contribution in [3.63, 3.8) is 0 Å². The van der Waals surface area contributed by atoms with Crippen molar-refractivity contribution in [2.45, 2.75) is 25.9 Å². The van der Waals surface area contributed by atoms with Crippen LogP contribution in [0.25, 0.3) is 10.9 Å². The second kappa shape index (κ2) is 6.53. The summed E-state index contributed by atoms with van der Waals surface area (Å²) in [6, 6.07) is 11.0. The second-order valence-corrected chi connectivity index (χ2v) is 6.06. The molecule has 0 fully saturated rings. The molecule has 0 aliphatic rings. The molecule has 1 heterocycles. The van der Waals surface area contributed by atoms with Crippen LogP contribution in [-0.2, 0) is 0 Å². The van der Waals surface area contributed by atoms with Crippen LogP contribution < -0.4 is 5.32 Å². The highest BCUT2D eigenvalue weighted by Crippen LogP contribution is 2.19. The van der Waals surface area contributed by atoms with Crippen LogP contribution in [0, 0.1) is 11.6 Å². The summed E-state index contributed by atoms with van der Waals surface area (Å²) in [5.74, 6) is -1.74. The summed E-state index contributed by atoms with van der Waals surface area (Å²) in [5.41, 5.74) is 2.21. The number of nitrogens with two attached hydrogens (primary N) is 1. The third-order valence-corrected chi connectivity index (χ3v) is 4.32. The number of para-hydroxylation sites is 1. The molecule has 3 aromatic rings. The van der Waals surface area contributed by atoms with Crippen LogP contribution in [0.4, 0.5) is 8.78 Å². The number of fused-ring (bicyclic) bond motifs is 1. The molecule has 24 heavy (non-hydrogen) atoms. The Hall–Kier alpha value is -2.53. The zero-order chi connectivity index (χ0) is 17.3. The van der Waals surface area contributed by atoms with Crippen molar-refractivity contribution in [1.29, 1.82) is 0 Å².